The number of hydrogen-bond acceptors (Lipinski definition) is 4. The van der Waals surface area contributed by atoms with Crippen molar-refractivity contribution in [1.29, 1.82) is 0 Å². The maximum Gasteiger partial charge on any atom is 0.224 e. The van der Waals surface area contributed by atoms with E-state index in [4.69, 9.17) is 5.11 Å². The second kappa shape index (κ2) is 6.21. The molecule has 0 radical (unpaired) electrons. The van der Waals surface area contributed by atoms with E-state index < -0.39 is 0 Å². The van der Waals surface area contributed by atoms with E-state index in [0.717, 1.165) is 11.1 Å². The average Bonchev–Trinajstić information content (AvgIpc) is 2.69. The van der Waals surface area contributed by atoms with Crippen LogP contribution in [0.25, 0.3) is 0 Å². The molecule has 1 fully saturated rings. The zero-order valence-corrected chi connectivity index (χ0v) is 11.7. The molecule has 1 aromatic rings. The van der Waals surface area contributed by atoms with E-state index in [9.17, 15) is 9.59 Å². The Morgan fingerprint density at radius 3 is 2.58 bits per heavy atom. The van der Waals surface area contributed by atoms with Gasteiger partial charge in [-0.3, -0.25) is 9.59 Å². The van der Waals surface area contributed by atoms with Crippen molar-refractivity contribution in [1.82, 2.24) is 4.90 Å². The Balaban J connectivity index is 1.95. The van der Waals surface area contributed by atoms with Crippen LogP contribution in [-0.2, 0) is 22.7 Å². The molecule has 1 saturated heterocycles. The molecule has 1 aliphatic rings. The zero-order valence-electron chi connectivity index (χ0n) is 10.8. The summed E-state index contributed by atoms with van der Waals surface area (Å²) >= 11 is 1.25. The summed E-state index contributed by atoms with van der Waals surface area (Å²) in [6, 6.07) is 7.56. The van der Waals surface area contributed by atoms with E-state index in [1.807, 2.05) is 24.3 Å². The van der Waals surface area contributed by atoms with Crippen molar-refractivity contribution >= 4 is 22.8 Å². The fourth-order valence-electron chi connectivity index (χ4n) is 2.17. The fraction of sp³-hybridized carbons (Fsp3) is 0.429. The summed E-state index contributed by atoms with van der Waals surface area (Å²) in [6.07, 6.45) is 0.443. The molecule has 1 N–H and O–H groups in total. The van der Waals surface area contributed by atoms with Crippen LogP contribution < -0.4 is 0 Å². The van der Waals surface area contributed by atoms with Gasteiger partial charge in [-0.2, -0.15) is 0 Å². The Labute approximate surface area is 116 Å². The number of nitrogens with zero attached hydrogens (tertiary/aromatic N) is 1. The quantitative estimate of drug-likeness (QED) is 0.908. The number of aliphatic hydroxyl groups excluding tert-OH is 1. The molecule has 1 aliphatic heterocycles. The molecule has 1 amide bonds. The summed E-state index contributed by atoms with van der Waals surface area (Å²) in [4.78, 5) is 24.7. The minimum absolute atomic E-state index is 0.0280. The summed E-state index contributed by atoms with van der Waals surface area (Å²) in [5.74, 6) is 0.102. The molecule has 0 saturated carbocycles. The predicted octanol–water partition coefficient (Wildman–Crippen LogP) is 1.56. The van der Waals surface area contributed by atoms with Crippen LogP contribution in [0.3, 0.4) is 0 Å². The van der Waals surface area contributed by atoms with Crippen molar-refractivity contribution in [2.24, 2.45) is 0 Å². The first-order valence-corrected chi connectivity index (χ1v) is 7.10. The van der Waals surface area contributed by atoms with E-state index in [2.05, 4.69) is 0 Å². The lowest BCUT2D eigenvalue weighted by Gasteiger charge is -2.16. The highest BCUT2D eigenvalue weighted by molar-refractivity contribution is 8.14. The standard InChI is InChI=1S/C14H17NO3S/c1-10(17)19-13-6-14(18)15(8-13)7-11-2-4-12(9-16)5-3-11/h2-5,13,16H,6-9H2,1H3. The molecular formula is C14H17NO3S. The van der Waals surface area contributed by atoms with Gasteiger partial charge in [0.05, 0.1) is 6.61 Å². The largest absolute Gasteiger partial charge is 0.392 e. The van der Waals surface area contributed by atoms with E-state index in [1.165, 1.54) is 18.7 Å². The van der Waals surface area contributed by atoms with Gasteiger partial charge in [0.25, 0.3) is 0 Å². The van der Waals surface area contributed by atoms with Gasteiger partial charge < -0.3 is 10.0 Å². The number of rotatable bonds is 4. The van der Waals surface area contributed by atoms with Gasteiger partial charge in [-0.1, -0.05) is 36.0 Å². The number of hydrogen-bond donors (Lipinski definition) is 1. The summed E-state index contributed by atoms with van der Waals surface area (Å²) in [5.41, 5.74) is 1.90. The van der Waals surface area contributed by atoms with Gasteiger partial charge in [0, 0.05) is 31.7 Å². The lowest BCUT2D eigenvalue weighted by Crippen LogP contribution is -2.25. The highest BCUT2D eigenvalue weighted by atomic mass is 32.2. The molecule has 19 heavy (non-hydrogen) atoms. The predicted molar refractivity (Wildman–Crippen MR) is 74.5 cm³/mol. The van der Waals surface area contributed by atoms with Crippen molar-refractivity contribution in [2.75, 3.05) is 6.54 Å². The zero-order chi connectivity index (χ0) is 13.8. The fourth-order valence-corrected chi connectivity index (χ4v) is 3.12. The van der Waals surface area contributed by atoms with Gasteiger partial charge in [-0.15, -0.1) is 0 Å². The van der Waals surface area contributed by atoms with Crippen molar-refractivity contribution in [3.8, 4) is 0 Å². The number of likely N-dealkylation sites (tertiary alicyclic amines) is 1. The molecule has 4 nitrogen and oxygen atoms in total. The minimum Gasteiger partial charge on any atom is -0.392 e. The third kappa shape index (κ3) is 3.81. The third-order valence-electron chi connectivity index (χ3n) is 3.09. The Bertz CT molecular complexity index is 472. The number of carbonyl (C=O) groups excluding carboxylic acids is 2. The lowest BCUT2D eigenvalue weighted by atomic mass is 10.1. The Kier molecular flexibility index (Phi) is 4.61. The SMILES string of the molecule is CC(=O)SC1CC(=O)N(Cc2ccc(CO)cc2)C1. The molecular weight excluding hydrogens is 262 g/mol. The minimum atomic E-state index is 0.0280. The van der Waals surface area contributed by atoms with E-state index in [1.54, 1.807) is 4.90 Å². The smallest absolute Gasteiger partial charge is 0.224 e. The van der Waals surface area contributed by atoms with E-state index in [-0.39, 0.29) is 22.9 Å². The third-order valence-corrected chi connectivity index (χ3v) is 4.07. The summed E-state index contributed by atoms with van der Waals surface area (Å²) in [7, 11) is 0. The lowest BCUT2D eigenvalue weighted by molar-refractivity contribution is -0.128. The number of carbonyl (C=O) groups is 2. The molecule has 1 unspecified atom stereocenters. The highest BCUT2D eigenvalue weighted by Crippen LogP contribution is 2.25. The number of thioether (sulfide) groups is 1. The number of aliphatic hydroxyl groups is 1. The molecule has 1 aromatic carbocycles. The normalized spacial score (nSPS) is 18.9. The maximum absolute atomic E-state index is 11.9. The monoisotopic (exact) mass is 279 g/mol. The van der Waals surface area contributed by atoms with Gasteiger partial charge >= 0.3 is 0 Å². The first kappa shape index (κ1) is 14.1. The van der Waals surface area contributed by atoms with Crippen LogP contribution in [0.5, 0.6) is 0 Å². The number of benzene rings is 1. The maximum atomic E-state index is 11.9. The first-order chi connectivity index (χ1) is 9.08. The van der Waals surface area contributed by atoms with Crippen molar-refractivity contribution in [3.05, 3.63) is 35.4 Å². The summed E-state index contributed by atoms with van der Waals surface area (Å²) in [6.45, 7) is 2.76. The summed E-state index contributed by atoms with van der Waals surface area (Å²) in [5, 5.41) is 9.12. The van der Waals surface area contributed by atoms with Gasteiger partial charge in [0.1, 0.15) is 0 Å². The molecule has 0 aliphatic carbocycles. The van der Waals surface area contributed by atoms with Gasteiger partial charge in [0.15, 0.2) is 5.12 Å². The van der Waals surface area contributed by atoms with Crippen LogP contribution in [0.4, 0.5) is 0 Å². The van der Waals surface area contributed by atoms with Gasteiger partial charge in [0.2, 0.25) is 5.91 Å². The Morgan fingerprint density at radius 2 is 2.00 bits per heavy atom. The van der Waals surface area contributed by atoms with Crippen LogP contribution in [0.15, 0.2) is 24.3 Å². The average molecular weight is 279 g/mol. The van der Waals surface area contributed by atoms with Gasteiger partial charge in [-0.05, 0) is 11.1 Å². The molecule has 1 atom stereocenters. The molecule has 0 aromatic heterocycles. The van der Waals surface area contributed by atoms with Gasteiger partial charge in [-0.25, -0.2) is 0 Å². The van der Waals surface area contributed by atoms with Crippen LogP contribution >= 0.6 is 11.8 Å². The molecule has 102 valence electrons. The molecule has 1 heterocycles. The molecule has 2 rings (SSSR count). The highest BCUT2D eigenvalue weighted by Gasteiger charge is 2.30. The second-order valence-electron chi connectivity index (χ2n) is 4.68. The second-order valence-corrected chi connectivity index (χ2v) is 6.16. The molecule has 0 spiro atoms. The van der Waals surface area contributed by atoms with Crippen LogP contribution in [0.1, 0.15) is 24.5 Å². The van der Waals surface area contributed by atoms with Crippen LogP contribution in [0.2, 0.25) is 0 Å². The number of amides is 1. The van der Waals surface area contributed by atoms with Crippen molar-refractivity contribution in [3.63, 3.8) is 0 Å². The van der Waals surface area contributed by atoms with Crippen molar-refractivity contribution < 1.29 is 14.7 Å². The van der Waals surface area contributed by atoms with E-state index >= 15 is 0 Å². The van der Waals surface area contributed by atoms with E-state index in [0.29, 0.717) is 19.5 Å². The molecule has 0 bridgehead atoms. The Morgan fingerprint density at radius 1 is 1.37 bits per heavy atom. The topological polar surface area (TPSA) is 57.6 Å². The molecule has 5 heteroatoms. The van der Waals surface area contributed by atoms with Crippen molar-refractivity contribution in [2.45, 2.75) is 31.7 Å². The van der Waals surface area contributed by atoms with Crippen LogP contribution in [0, 0.1) is 0 Å². The first-order valence-electron chi connectivity index (χ1n) is 6.22. The summed E-state index contributed by atoms with van der Waals surface area (Å²) < 4.78 is 0. The van der Waals surface area contributed by atoms with Crippen LogP contribution in [-0.4, -0.2) is 32.8 Å². The Hall–Kier alpha value is -1.33.